The topological polar surface area (TPSA) is 80.7 Å². The maximum atomic E-state index is 12.9. The molecular weight excluding hydrogens is 418 g/mol. The molecule has 3 aromatic rings. The van der Waals surface area contributed by atoms with Gasteiger partial charge in [-0.05, 0) is 30.2 Å². The Kier molecular flexibility index (Phi) is 5.81. The van der Waals surface area contributed by atoms with E-state index in [1.807, 2.05) is 42.6 Å². The van der Waals surface area contributed by atoms with Gasteiger partial charge in [0, 0.05) is 57.0 Å². The number of fused-ring (bicyclic) bond motifs is 1. The van der Waals surface area contributed by atoms with Crippen LogP contribution in [-0.2, 0) is 6.42 Å². The molecule has 0 unspecified atom stereocenters. The van der Waals surface area contributed by atoms with Crippen LogP contribution in [0.5, 0.6) is 11.5 Å². The van der Waals surface area contributed by atoms with E-state index in [0.29, 0.717) is 24.4 Å². The summed E-state index contributed by atoms with van der Waals surface area (Å²) in [6, 6.07) is 11.7. The van der Waals surface area contributed by atoms with Gasteiger partial charge in [0.15, 0.2) is 5.78 Å². The van der Waals surface area contributed by atoms with Gasteiger partial charge in [-0.2, -0.15) is 0 Å². The molecule has 1 aliphatic heterocycles. The van der Waals surface area contributed by atoms with E-state index in [1.165, 1.54) is 0 Å². The van der Waals surface area contributed by atoms with Crippen molar-refractivity contribution in [3.8, 4) is 11.5 Å². The maximum absolute atomic E-state index is 12.9. The Balaban J connectivity index is 1.34. The number of piperazine rings is 1. The van der Waals surface area contributed by atoms with Gasteiger partial charge in [0.1, 0.15) is 17.3 Å². The van der Waals surface area contributed by atoms with E-state index < -0.39 is 0 Å². The minimum absolute atomic E-state index is 0.00890. The number of aromatic nitrogens is 3. The number of hydrogen-bond acceptors (Lipinski definition) is 8. The number of ketones is 1. The Labute approximate surface area is 193 Å². The first-order chi connectivity index (χ1) is 16.2. The molecule has 0 radical (unpaired) electrons. The molecule has 2 aromatic heterocycles. The smallest absolute Gasteiger partial charge is 0.225 e. The van der Waals surface area contributed by atoms with Crippen molar-refractivity contribution in [2.45, 2.75) is 18.8 Å². The summed E-state index contributed by atoms with van der Waals surface area (Å²) in [6.45, 7) is 3.31. The molecule has 1 aromatic carbocycles. The molecule has 2 aliphatic rings. The zero-order valence-corrected chi connectivity index (χ0v) is 18.9. The van der Waals surface area contributed by atoms with Gasteiger partial charge in [0.05, 0.1) is 25.5 Å². The van der Waals surface area contributed by atoms with Gasteiger partial charge in [-0.1, -0.05) is 12.1 Å². The quantitative estimate of drug-likeness (QED) is 0.593. The van der Waals surface area contributed by atoms with Crippen LogP contribution in [0.15, 0.2) is 48.8 Å². The van der Waals surface area contributed by atoms with Gasteiger partial charge in [-0.25, -0.2) is 15.0 Å². The number of benzene rings is 1. The molecule has 5 rings (SSSR count). The highest BCUT2D eigenvalue weighted by atomic mass is 16.5. The van der Waals surface area contributed by atoms with E-state index in [1.54, 1.807) is 20.4 Å². The number of rotatable bonds is 5. The number of carbonyl (C=O) groups excluding carboxylic acids is 1. The SMILES string of the molecule is COc1ccc([C@H]2CC(=O)c3cnc(N4CCN(c5ccccn5)CC4)nc3C2)c(OC)c1. The number of anilines is 2. The van der Waals surface area contributed by atoms with Crippen LogP contribution in [0.3, 0.4) is 0 Å². The zero-order valence-electron chi connectivity index (χ0n) is 18.9. The number of nitrogens with zero attached hydrogens (tertiary/aromatic N) is 5. The third-order valence-electron chi connectivity index (χ3n) is 6.44. The van der Waals surface area contributed by atoms with Gasteiger partial charge in [0.25, 0.3) is 0 Å². The minimum atomic E-state index is 0.00890. The molecule has 0 amide bonds. The summed E-state index contributed by atoms with van der Waals surface area (Å²) >= 11 is 0. The average molecular weight is 446 g/mol. The Morgan fingerprint density at radius 2 is 1.76 bits per heavy atom. The number of carbonyl (C=O) groups is 1. The molecule has 0 N–H and O–H groups in total. The van der Waals surface area contributed by atoms with Crippen LogP contribution in [0.2, 0.25) is 0 Å². The zero-order chi connectivity index (χ0) is 22.8. The fourth-order valence-corrected chi connectivity index (χ4v) is 4.64. The van der Waals surface area contributed by atoms with E-state index in [0.717, 1.165) is 54.8 Å². The lowest BCUT2D eigenvalue weighted by molar-refractivity contribution is 0.0962. The van der Waals surface area contributed by atoms with Crippen LogP contribution in [0, 0.1) is 0 Å². The predicted octanol–water partition coefficient (Wildman–Crippen LogP) is 3.13. The van der Waals surface area contributed by atoms with Crippen molar-refractivity contribution in [1.82, 2.24) is 15.0 Å². The highest BCUT2D eigenvalue weighted by Gasteiger charge is 2.31. The monoisotopic (exact) mass is 445 g/mol. The van der Waals surface area contributed by atoms with Crippen LogP contribution < -0.4 is 19.3 Å². The first-order valence-corrected chi connectivity index (χ1v) is 11.2. The maximum Gasteiger partial charge on any atom is 0.225 e. The highest BCUT2D eigenvalue weighted by Crippen LogP contribution is 2.38. The number of methoxy groups -OCH3 is 2. The second-order valence-electron chi connectivity index (χ2n) is 8.33. The van der Waals surface area contributed by atoms with Crippen LogP contribution >= 0.6 is 0 Å². The number of ether oxygens (including phenoxy) is 2. The molecule has 1 atom stereocenters. The third kappa shape index (κ3) is 4.20. The van der Waals surface area contributed by atoms with E-state index >= 15 is 0 Å². The van der Waals surface area contributed by atoms with Crippen molar-refractivity contribution in [3.63, 3.8) is 0 Å². The van der Waals surface area contributed by atoms with E-state index in [-0.39, 0.29) is 11.7 Å². The molecule has 1 fully saturated rings. The van der Waals surface area contributed by atoms with E-state index in [2.05, 4.69) is 19.8 Å². The average Bonchev–Trinajstić information content (AvgIpc) is 2.88. The molecule has 1 saturated heterocycles. The minimum Gasteiger partial charge on any atom is -0.497 e. The molecule has 33 heavy (non-hydrogen) atoms. The number of Topliss-reactive ketones (excluding diaryl/α,β-unsaturated/α-hetero) is 1. The Bertz CT molecular complexity index is 1150. The van der Waals surface area contributed by atoms with Gasteiger partial charge < -0.3 is 19.3 Å². The van der Waals surface area contributed by atoms with Gasteiger partial charge in [-0.15, -0.1) is 0 Å². The molecule has 0 saturated carbocycles. The van der Waals surface area contributed by atoms with Crippen molar-refractivity contribution in [2.24, 2.45) is 0 Å². The summed E-state index contributed by atoms with van der Waals surface area (Å²) in [5.41, 5.74) is 2.45. The Hall–Kier alpha value is -3.68. The summed E-state index contributed by atoms with van der Waals surface area (Å²) in [5, 5.41) is 0. The van der Waals surface area contributed by atoms with Gasteiger partial charge >= 0.3 is 0 Å². The standard InChI is InChI=1S/C25H27N5O3/c1-32-18-6-7-19(23(15-18)33-2)17-13-21-20(22(31)14-17)16-27-25(28-21)30-11-9-29(10-12-30)24-5-3-4-8-26-24/h3-8,15-17H,9-14H2,1-2H3/t17-/m1/s1. The normalized spacial score (nSPS) is 18.1. The lowest BCUT2D eigenvalue weighted by Crippen LogP contribution is -2.47. The fraction of sp³-hybridized carbons (Fsp3) is 0.360. The van der Waals surface area contributed by atoms with Gasteiger partial charge in [-0.3, -0.25) is 4.79 Å². The van der Waals surface area contributed by atoms with E-state index in [9.17, 15) is 4.79 Å². The van der Waals surface area contributed by atoms with Crippen LogP contribution in [0.4, 0.5) is 11.8 Å². The van der Waals surface area contributed by atoms with E-state index in [4.69, 9.17) is 14.5 Å². The first-order valence-electron chi connectivity index (χ1n) is 11.2. The fourth-order valence-electron chi connectivity index (χ4n) is 4.64. The Morgan fingerprint density at radius 1 is 0.939 bits per heavy atom. The summed E-state index contributed by atoms with van der Waals surface area (Å²) in [4.78, 5) is 31.2. The predicted molar refractivity (Wildman–Crippen MR) is 126 cm³/mol. The van der Waals surface area contributed by atoms with Crippen LogP contribution in [-0.4, -0.2) is 61.1 Å². The molecule has 170 valence electrons. The molecule has 8 nitrogen and oxygen atoms in total. The van der Waals surface area contributed by atoms with Crippen molar-refractivity contribution < 1.29 is 14.3 Å². The van der Waals surface area contributed by atoms with Crippen molar-refractivity contribution >= 4 is 17.5 Å². The second kappa shape index (κ2) is 9.05. The second-order valence-corrected chi connectivity index (χ2v) is 8.33. The molecule has 0 bridgehead atoms. The van der Waals surface area contributed by atoms with Crippen molar-refractivity contribution in [1.29, 1.82) is 0 Å². The summed E-state index contributed by atoms with van der Waals surface area (Å²) in [5.74, 6) is 3.22. The molecule has 1 aliphatic carbocycles. The number of pyridine rings is 1. The first kappa shape index (κ1) is 21.2. The Morgan fingerprint density at radius 3 is 2.48 bits per heavy atom. The lowest BCUT2D eigenvalue weighted by Gasteiger charge is -2.35. The lowest BCUT2D eigenvalue weighted by atomic mass is 9.82. The number of hydrogen-bond donors (Lipinski definition) is 0. The third-order valence-corrected chi connectivity index (χ3v) is 6.44. The summed E-state index contributed by atoms with van der Waals surface area (Å²) < 4.78 is 10.9. The van der Waals surface area contributed by atoms with Gasteiger partial charge in [0.2, 0.25) is 5.95 Å². The summed E-state index contributed by atoms with van der Waals surface area (Å²) in [7, 11) is 3.27. The molecule has 8 heteroatoms. The van der Waals surface area contributed by atoms with Crippen LogP contribution in [0.25, 0.3) is 0 Å². The van der Waals surface area contributed by atoms with Crippen molar-refractivity contribution in [3.05, 3.63) is 65.6 Å². The van der Waals surface area contributed by atoms with Crippen LogP contribution in [0.1, 0.15) is 34.0 Å². The summed E-state index contributed by atoms with van der Waals surface area (Å²) in [6.07, 6.45) is 4.61. The van der Waals surface area contributed by atoms with Crippen molar-refractivity contribution in [2.75, 3.05) is 50.2 Å². The molecule has 3 heterocycles. The highest BCUT2D eigenvalue weighted by molar-refractivity contribution is 5.98. The largest absolute Gasteiger partial charge is 0.497 e. The molecular formula is C25H27N5O3. The molecule has 0 spiro atoms.